The van der Waals surface area contributed by atoms with Crippen molar-refractivity contribution in [3.05, 3.63) is 29.8 Å². The van der Waals surface area contributed by atoms with Gasteiger partial charge in [-0.3, -0.25) is 14.9 Å². The van der Waals surface area contributed by atoms with Crippen molar-refractivity contribution in [1.29, 1.82) is 0 Å². The molecule has 7 heteroatoms. The van der Waals surface area contributed by atoms with Gasteiger partial charge in [-0.1, -0.05) is 12.1 Å². The summed E-state index contributed by atoms with van der Waals surface area (Å²) in [4.78, 5) is 35.8. The molecule has 1 aliphatic rings. The number of amides is 1. The number of carbonyl (C=O) groups is 3. The zero-order chi connectivity index (χ0) is 17.7. The van der Waals surface area contributed by atoms with Gasteiger partial charge in [-0.15, -0.1) is 0 Å². The highest BCUT2D eigenvalue weighted by molar-refractivity contribution is 6.08. The average Bonchev–Trinajstić information content (AvgIpc) is 3.05. The highest BCUT2D eigenvalue weighted by Crippen LogP contribution is 2.27. The second-order valence-electron chi connectivity index (χ2n) is 5.89. The van der Waals surface area contributed by atoms with E-state index in [4.69, 9.17) is 4.74 Å². The van der Waals surface area contributed by atoms with Crippen LogP contribution in [0.25, 0.3) is 0 Å². The van der Waals surface area contributed by atoms with Crippen LogP contribution in [0.4, 0.5) is 0 Å². The number of benzene rings is 1. The maximum Gasteiger partial charge on any atom is 0.331 e. The zero-order valence-corrected chi connectivity index (χ0v) is 13.8. The third kappa shape index (κ3) is 3.73. The van der Waals surface area contributed by atoms with Crippen LogP contribution in [0, 0.1) is 0 Å². The van der Waals surface area contributed by atoms with Crippen molar-refractivity contribution >= 4 is 17.7 Å². The molecule has 1 saturated heterocycles. The summed E-state index contributed by atoms with van der Waals surface area (Å²) in [6, 6.07) is 6.38. The Morgan fingerprint density at radius 1 is 1.33 bits per heavy atom. The van der Waals surface area contributed by atoms with Crippen molar-refractivity contribution in [2.45, 2.75) is 37.8 Å². The highest BCUT2D eigenvalue weighted by atomic mass is 16.5. The van der Waals surface area contributed by atoms with Crippen LogP contribution < -0.4 is 15.4 Å². The highest BCUT2D eigenvalue weighted by Gasteiger charge is 2.48. The first-order valence-electron chi connectivity index (χ1n) is 7.82. The fourth-order valence-electron chi connectivity index (χ4n) is 2.98. The Morgan fingerprint density at radius 2 is 2.00 bits per heavy atom. The van der Waals surface area contributed by atoms with Crippen LogP contribution in [0.2, 0.25) is 0 Å². The molecular formula is C17H22N2O5. The van der Waals surface area contributed by atoms with E-state index in [9.17, 15) is 19.5 Å². The average molecular weight is 334 g/mol. The smallest absolute Gasteiger partial charge is 0.331 e. The number of nitrogens with one attached hydrogen (secondary N) is 2. The number of hydrogen-bond donors (Lipinski definition) is 3. The number of carboxylic acid groups (broad SMARTS) is 1. The SMILES string of the molecule is COc1ccc([C@@H](CC(=O)C2(C(=O)O)CCCN2)NC(C)=O)cc1. The molecule has 1 aromatic carbocycles. The number of hydrogen-bond acceptors (Lipinski definition) is 5. The van der Waals surface area contributed by atoms with Gasteiger partial charge in [-0.2, -0.15) is 0 Å². The lowest BCUT2D eigenvalue weighted by Gasteiger charge is -2.26. The van der Waals surface area contributed by atoms with Crippen LogP contribution in [0.5, 0.6) is 5.75 Å². The van der Waals surface area contributed by atoms with Crippen LogP contribution >= 0.6 is 0 Å². The lowest BCUT2D eigenvalue weighted by Crippen LogP contribution is -2.55. The molecule has 1 heterocycles. The van der Waals surface area contributed by atoms with Gasteiger partial charge < -0.3 is 15.2 Å². The molecule has 24 heavy (non-hydrogen) atoms. The minimum Gasteiger partial charge on any atom is -0.497 e. The summed E-state index contributed by atoms with van der Waals surface area (Å²) in [5.41, 5.74) is -0.832. The molecule has 0 aliphatic carbocycles. The Balaban J connectivity index is 2.23. The van der Waals surface area contributed by atoms with Crippen LogP contribution in [0.3, 0.4) is 0 Å². The fourth-order valence-corrected chi connectivity index (χ4v) is 2.98. The van der Waals surface area contributed by atoms with Gasteiger partial charge in [0.25, 0.3) is 0 Å². The van der Waals surface area contributed by atoms with Gasteiger partial charge in [0.15, 0.2) is 11.3 Å². The van der Waals surface area contributed by atoms with Gasteiger partial charge in [0, 0.05) is 13.3 Å². The van der Waals surface area contributed by atoms with Gasteiger partial charge in [0.2, 0.25) is 5.91 Å². The van der Waals surface area contributed by atoms with Crippen molar-refractivity contribution in [3.8, 4) is 5.75 Å². The van der Waals surface area contributed by atoms with Crippen LogP contribution in [-0.2, 0) is 14.4 Å². The molecule has 0 aromatic heterocycles. The van der Waals surface area contributed by atoms with Gasteiger partial charge in [0.05, 0.1) is 13.2 Å². The summed E-state index contributed by atoms with van der Waals surface area (Å²) in [5, 5.41) is 15.0. The molecule has 3 N–H and O–H groups in total. The molecule has 0 spiro atoms. The lowest BCUT2D eigenvalue weighted by atomic mass is 9.86. The molecule has 1 unspecified atom stereocenters. The van der Waals surface area contributed by atoms with Crippen molar-refractivity contribution in [2.24, 2.45) is 0 Å². The van der Waals surface area contributed by atoms with Gasteiger partial charge in [-0.25, -0.2) is 4.79 Å². The van der Waals surface area contributed by atoms with Crippen molar-refractivity contribution in [2.75, 3.05) is 13.7 Å². The Hall–Kier alpha value is -2.41. The van der Waals surface area contributed by atoms with Crippen LogP contribution in [0.15, 0.2) is 24.3 Å². The molecule has 1 amide bonds. The van der Waals surface area contributed by atoms with E-state index in [2.05, 4.69) is 10.6 Å². The summed E-state index contributed by atoms with van der Waals surface area (Å²) in [6.45, 7) is 1.85. The monoisotopic (exact) mass is 334 g/mol. The number of carbonyl (C=O) groups excluding carboxylic acids is 2. The molecular weight excluding hydrogens is 312 g/mol. The number of ether oxygens (including phenoxy) is 1. The molecule has 2 rings (SSSR count). The molecule has 0 saturated carbocycles. The van der Waals surface area contributed by atoms with Crippen molar-refractivity contribution in [3.63, 3.8) is 0 Å². The predicted molar refractivity (Wildman–Crippen MR) is 86.8 cm³/mol. The normalized spacial score (nSPS) is 21.1. The summed E-state index contributed by atoms with van der Waals surface area (Å²) in [6.07, 6.45) is 0.799. The van der Waals surface area contributed by atoms with Gasteiger partial charge in [-0.05, 0) is 37.1 Å². The van der Waals surface area contributed by atoms with Crippen molar-refractivity contribution < 1.29 is 24.2 Å². The maximum absolute atomic E-state index is 12.7. The number of aliphatic carboxylic acids is 1. The Morgan fingerprint density at radius 3 is 2.46 bits per heavy atom. The molecule has 1 fully saturated rings. The van der Waals surface area contributed by atoms with Crippen molar-refractivity contribution in [1.82, 2.24) is 10.6 Å². The minimum atomic E-state index is -1.55. The number of methoxy groups -OCH3 is 1. The Labute approximate surface area is 140 Å². The molecule has 1 aliphatic heterocycles. The number of ketones is 1. The van der Waals surface area contributed by atoms with E-state index in [0.717, 1.165) is 5.56 Å². The summed E-state index contributed by atoms with van der Waals surface area (Å²) >= 11 is 0. The molecule has 7 nitrogen and oxygen atoms in total. The van der Waals surface area contributed by atoms with E-state index in [1.165, 1.54) is 6.92 Å². The number of carboxylic acids is 1. The first kappa shape index (κ1) is 17.9. The second-order valence-corrected chi connectivity index (χ2v) is 5.89. The summed E-state index contributed by atoms with van der Waals surface area (Å²) in [5.74, 6) is -1.22. The third-order valence-corrected chi connectivity index (χ3v) is 4.28. The second kappa shape index (κ2) is 7.44. The molecule has 0 radical (unpaired) electrons. The third-order valence-electron chi connectivity index (χ3n) is 4.28. The molecule has 0 bridgehead atoms. The first-order valence-corrected chi connectivity index (χ1v) is 7.82. The van der Waals surface area contributed by atoms with E-state index in [1.807, 2.05) is 0 Å². The Kier molecular flexibility index (Phi) is 5.56. The molecule has 1 aromatic rings. The minimum absolute atomic E-state index is 0.0921. The first-order chi connectivity index (χ1) is 11.4. The standard InChI is InChI=1S/C17H22N2O5/c1-11(20)19-14(12-4-6-13(24-2)7-5-12)10-15(21)17(16(22)23)8-3-9-18-17/h4-7,14,18H,3,8-10H2,1-2H3,(H,19,20)(H,22,23)/t14-,17?/m1/s1. The fraction of sp³-hybridized carbons (Fsp3) is 0.471. The molecule has 2 atom stereocenters. The van der Waals surface area contributed by atoms with E-state index >= 15 is 0 Å². The van der Waals surface area contributed by atoms with Crippen LogP contribution in [0.1, 0.15) is 37.8 Å². The van der Waals surface area contributed by atoms with E-state index in [0.29, 0.717) is 18.7 Å². The zero-order valence-electron chi connectivity index (χ0n) is 13.8. The Bertz CT molecular complexity index is 620. The predicted octanol–water partition coefficient (Wildman–Crippen LogP) is 1.04. The number of rotatable bonds is 7. The molecule has 130 valence electrons. The van der Waals surface area contributed by atoms with Gasteiger partial charge in [0.1, 0.15) is 5.75 Å². The van der Waals surface area contributed by atoms with Gasteiger partial charge >= 0.3 is 5.97 Å². The number of Topliss-reactive ketones (excluding diaryl/α,β-unsaturated/α-hetero) is 1. The largest absolute Gasteiger partial charge is 0.497 e. The topological polar surface area (TPSA) is 105 Å². The van der Waals surface area contributed by atoms with E-state index in [1.54, 1.807) is 31.4 Å². The van der Waals surface area contributed by atoms with E-state index in [-0.39, 0.29) is 18.7 Å². The van der Waals surface area contributed by atoms with Crippen LogP contribution in [-0.4, -0.2) is 42.0 Å². The summed E-state index contributed by atoms with van der Waals surface area (Å²) < 4.78 is 5.10. The lowest BCUT2D eigenvalue weighted by molar-refractivity contribution is -0.149. The quantitative estimate of drug-likeness (QED) is 0.644. The van der Waals surface area contributed by atoms with E-state index < -0.39 is 23.3 Å². The maximum atomic E-state index is 12.7. The summed E-state index contributed by atoms with van der Waals surface area (Å²) in [7, 11) is 1.55.